The summed E-state index contributed by atoms with van der Waals surface area (Å²) in [5.74, 6) is -4.71. The first-order valence-corrected chi connectivity index (χ1v) is 10.3. The number of carboxylic acids is 1. The number of ether oxygens (including phenoxy) is 3. The predicted octanol–water partition coefficient (Wildman–Crippen LogP) is 2.63. The van der Waals surface area contributed by atoms with Crippen molar-refractivity contribution in [3.8, 4) is 0 Å². The molecule has 0 aromatic heterocycles. The van der Waals surface area contributed by atoms with Crippen LogP contribution < -0.4 is 5.32 Å². The van der Waals surface area contributed by atoms with Crippen molar-refractivity contribution < 1.29 is 38.5 Å². The van der Waals surface area contributed by atoms with Crippen LogP contribution in [0.1, 0.15) is 61.3 Å². The molecule has 2 aliphatic heterocycles. The third-order valence-corrected chi connectivity index (χ3v) is 5.22. The fourth-order valence-corrected chi connectivity index (χ4v) is 4.05. The number of rotatable bonds is 7. The molecule has 31 heavy (non-hydrogen) atoms. The summed E-state index contributed by atoms with van der Waals surface area (Å²) in [6.07, 6.45) is -0.488. The molecule has 0 saturated carbocycles. The minimum atomic E-state index is -1.08. The molecule has 1 aromatic rings. The maximum Gasteiger partial charge on any atom is 0.338 e. The van der Waals surface area contributed by atoms with Crippen molar-refractivity contribution in [3.05, 3.63) is 29.3 Å². The van der Waals surface area contributed by atoms with Crippen LogP contribution >= 0.6 is 0 Å². The number of aliphatic carboxylic acids is 1. The number of benzene rings is 1. The highest BCUT2D eigenvalue weighted by molar-refractivity contribution is 6.01. The highest BCUT2D eigenvalue weighted by atomic mass is 16.5. The smallest absolute Gasteiger partial charge is 0.338 e. The first-order chi connectivity index (χ1) is 14.6. The fraction of sp³-hybridized carbons (Fsp3) is 0.545. The number of anilines is 1. The van der Waals surface area contributed by atoms with Crippen LogP contribution in [0.2, 0.25) is 0 Å². The minimum absolute atomic E-state index is 0.0705. The summed E-state index contributed by atoms with van der Waals surface area (Å²) < 4.78 is 16.0. The van der Waals surface area contributed by atoms with Crippen molar-refractivity contribution in [1.29, 1.82) is 0 Å². The van der Waals surface area contributed by atoms with Crippen molar-refractivity contribution in [1.82, 2.24) is 0 Å². The van der Waals surface area contributed by atoms with Gasteiger partial charge in [-0.1, -0.05) is 0 Å². The Labute approximate surface area is 180 Å². The maximum atomic E-state index is 13.0. The van der Waals surface area contributed by atoms with Crippen LogP contribution in [0.25, 0.3) is 0 Å². The molecule has 2 fully saturated rings. The Bertz CT molecular complexity index is 853. The van der Waals surface area contributed by atoms with E-state index in [4.69, 9.17) is 14.2 Å². The normalized spacial score (nSPS) is 24.3. The molecule has 2 saturated heterocycles. The van der Waals surface area contributed by atoms with E-state index in [9.17, 15) is 24.3 Å². The molecule has 0 radical (unpaired) electrons. The Kier molecular flexibility index (Phi) is 6.64. The Morgan fingerprint density at radius 2 is 1.39 bits per heavy atom. The van der Waals surface area contributed by atoms with Crippen LogP contribution in [-0.4, -0.2) is 53.3 Å². The molecule has 3 rings (SSSR count). The van der Waals surface area contributed by atoms with Gasteiger partial charge in [0.05, 0.1) is 47.4 Å². The summed E-state index contributed by atoms with van der Waals surface area (Å²) in [5, 5.41) is 12.2. The second-order valence-corrected chi connectivity index (χ2v) is 8.38. The lowest BCUT2D eigenvalue weighted by atomic mass is 9.78. The second kappa shape index (κ2) is 9.05. The number of fused-ring (bicyclic) bond motifs is 2. The zero-order valence-corrected chi connectivity index (χ0v) is 17.9. The van der Waals surface area contributed by atoms with E-state index < -0.39 is 47.9 Å². The van der Waals surface area contributed by atoms with Gasteiger partial charge >= 0.3 is 17.9 Å². The van der Waals surface area contributed by atoms with E-state index in [1.165, 1.54) is 18.2 Å². The van der Waals surface area contributed by atoms with E-state index in [0.717, 1.165) is 0 Å². The monoisotopic (exact) mass is 433 g/mol. The first-order valence-electron chi connectivity index (χ1n) is 10.3. The Hall–Kier alpha value is -2.94. The van der Waals surface area contributed by atoms with Crippen LogP contribution in [0.15, 0.2) is 18.2 Å². The zero-order chi connectivity index (χ0) is 22.9. The van der Waals surface area contributed by atoms with Gasteiger partial charge in [-0.25, -0.2) is 9.59 Å². The van der Waals surface area contributed by atoms with Gasteiger partial charge in [0.2, 0.25) is 5.91 Å². The maximum absolute atomic E-state index is 13.0. The van der Waals surface area contributed by atoms with Gasteiger partial charge in [0, 0.05) is 5.69 Å². The molecule has 2 heterocycles. The quantitative estimate of drug-likeness (QED) is 0.628. The molecule has 168 valence electrons. The molecule has 9 nitrogen and oxygen atoms in total. The Morgan fingerprint density at radius 1 is 0.903 bits per heavy atom. The van der Waals surface area contributed by atoms with Gasteiger partial charge in [-0.3, -0.25) is 9.59 Å². The molecule has 0 unspecified atom stereocenters. The van der Waals surface area contributed by atoms with Gasteiger partial charge in [0.15, 0.2) is 0 Å². The topological polar surface area (TPSA) is 128 Å². The SMILES string of the molecule is CC(C)OC(=O)c1cc(NC(=O)[C@H]2[C@@H](C(=O)O)[C@H]3CC[C@@H]2O3)cc(C(=O)OC(C)C)c1. The minimum Gasteiger partial charge on any atom is -0.481 e. The van der Waals surface area contributed by atoms with E-state index >= 15 is 0 Å². The molecular formula is C22H27NO8. The summed E-state index contributed by atoms with van der Waals surface area (Å²) in [5.41, 5.74) is 0.313. The molecule has 2 N–H and O–H groups in total. The van der Waals surface area contributed by atoms with Crippen molar-refractivity contribution in [2.75, 3.05) is 5.32 Å². The zero-order valence-electron chi connectivity index (χ0n) is 17.9. The number of esters is 2. The Morgan fingerprint density at radius 3 is 1.84 bits per heavy atom. The second-order valence-electron chi connectivity index (χ2n) is 8.38. The lowest BCUT2D eigenvalue weighted by Gasteiger charge is -2.24. The molecule has 1 amide bonds. The lowest BCUT2D eigenvalue weighted by Crippen LogP contribution is -2.41. The van der Waals surface area contributed by atoms with Crippen LogP contribution in [-0.2, 0) is 23.8 Å². The first kappa shape index (κ1) is 22.7. The molecule has 4 atom stereocenters. The molecule has 9 heteroatoms. The predicted molar refractivity (Wildman–Crippen MR) is 109 cm³/mol. The fourth-order valence-electron chi connectivity index (χ4n) is 4.05. The van der Waals surface area contributed by atoms with Gasteiger partial charge in [-0.2, -0.15) is 0 Å². The standard InChI is InChI=1S/C22H27NO8/c1-10(2)29-21(27)12-7-13(22(28)30-11(3)4)9-14(8-12)23-19(24)17-15-5-6-16(31-15)18(17)20(25)26/h7-11,15-18H,5-6H2,1-4H3,(H,23,24)(H,25,26)/t15-,16+,17+,18-/m0/s1. The van der Waals surface area contributed by atoms with Crippen molar-refractivity contribution >= 4 is 29.5 Å². The number of carboxylic acid groups (broad SMARTS) is 1. The number of hydrogen-bond donors (Lipinski definition) is 2. The van der Waals surface area contributed by atoms with E-state index in [1.54, 1.807) is 27.7 Å². The molecule has 0 spiro atoms. The molecule has 2 bridgehead atoms. The molecule has 0 aliphatic carbocycles. The van der Waals surface area contributed by atoms with Crippen LogP contribution in [0.4, 0.5) is 5.69 Å². The molecule has 2 aliphatic rings. The van der Waals surface area contributed by atoms with Crippen LogP contribution in [0, 0.1) is 11.8 Å². The molecule has 1 aromatic carbocycles. The van der Waals surface area contributed by atoms with E-state index in [0.29, 0.717) is 12.8 Å². The largest absolute Gasteiger partial charge is 0.481 e. The van der Waals surface area contributed by atoms with E-state index in [2.05, 4.69) is 5.32 Å². The Balaban J connectivity index is 1.88. The van der Waals surface area contributed by atoms with Crippen molar-refractivity contribution in [2.24, 2.45) is 11.8 Å². The van der Waals surface area contributed by atoms with Gasteiger partial charge in [0.1, 0.15) is 0 Å². The van der Waals surface area contributed by atoms with E-state index in [1.807, 2.05) is 0 Å². The van der Waals surface area contributed by atoms with Crippen molar-refractivity contribution in [2.45, 2.75) is 65.0 Å². The summed E-state index contributed by atoms with van der Waals surface area (Å²) >= 11 is 0. The summed E-state index contributed by atoms with van der Waals surface area (Å²) in [6.45, 7) is 6.77. The average molecular weight is 433 g/mol. The summed E-state index contributed by atoms with van der Waals surface area (Å²) in [4.78, 5) is 49.4. The van der Waals surface area contributed by atoms with Gasteiger partial charge in [0.25, 0.3) is 0 Å². The highest BCUT2D eigenvalue weighted by Gasteiger charge is 2.55. The highest BCUT2D eigenvalue weighted by Crippen LogP contribution is 2.44. The summed E-state index contributed by atoms with van der Waals surface area (Å²) in [7, 11) is 0. The van der Waals surface area contributed by atoms with Gasteiger partial charge in [-0.15, -0.1) is 0 Å². The third-order valence-electron chi connectivity index (χ3n) is 5.22. The molecular weight excluding hydrogens is 406 g/mol. The number of carbonyl (C=O) groups excluding carboxylic acids is 3. The summed E-state index contributed by atoms with van der Waals surface area (Å²) in [6, 6.07) is 4.11. The van der Waals surface area contributed by atoms with Crippen LogP contribution in [0.3, 0.4) is 0 Å². The number of hydrogen-bond acceptors (Lipinski definition) is 7. The third kappa shape index (κ3) is 5.04. The van der Waals surface area contributed by atoms with Gasteiger partial charge < -0.3 is 24.6 Å². The van der Waals surface area contributed by atoms with E-state index in [-0.39, 0.29) is 29.0 Å². The van der Waals surface area contributed by atoms with Crippen molar-refractivity contribution in [3.63, 3.8) is 0 Å². The average Bonchev–Trinajstić information content (AvgIpc) is 3.28. The number of amides is 1. The lowest BCUT2D eigenvalue weighted by molar-refractivity contribution is -0.147. The van der Waals surface area contributed by atoms with Gasteiger partial charge in [-0.05, 0) is 58.7 Å². The van der Waals surface area contributed by atoms with Crippen LogP contribution in [0.5, 0.6) is 0 Å². The number of carbonyl (C=O) groups is 4. The number of nitrogens with one attached hydrogen (secondary N) is 1.